The molecule has 0 saturated carbocycles. The summed E-state index contributed by atoms with van der Waals surface area (Å²) >= 11 is 0. The molecule has 0 aliphatic rings. The minimum atomic E-state index is -0.342. The number of carbonyl (C=O) groups excluding carboxylic acids is 1. The Balaban J connectivity index is 1.46. The topological polar surface area (TPSA) is 87.0 Å². The Morgan fingerprint density at radius 1 is 0.941 bits per heavy atom. The van der Waals surface area contributed by atoms with Crippen LogP contribution in [0.4, 0.5) is 5.69 Å². The van der Waals surface area contributed by atoms with Crippen molar-refractivity contribution in [2.24, 2.45) is 0 Å². The summed E-state index contributed by atoms with van der Waals surface area (Å²) in [6.45, 7) is 6.01. The molecule has 3 aromatic carbocycles. The Morgan fingerprint density at radius 2 is 1.76 bits per heavy atom. The van der Waals surface area contributed by atoms with Gasteiger partial charge in [-0.05, 0) is 62.2 Å². The van der Waals surface area contributed by atoms with Crippen molar-refractivity contribution in [3.05, 3.63) is 88.3 Å². The molecular weight excluding hydrogens is 434 g/mol. The summed E-state index contributed by atoms with van der Waals surface area (Å²) in [4.78, 5) is 25.2. The zero-order chi connectivity index (χ0) is 24.1. The molecule has 1 amide bonds. The van der Waals surface area contributed by atoms with Gasteiger partial charge in [0.25, 0.3) is 5.91 Å². The smallest absolute Gasteiger partial charge is 0.262 e. The van der Waals surface area contributed by atoms with Crippen LogP contribution in [0.5, 0.6) is 23.0 Å². The van der Waals surface area contributed by atoms with Crippen molar-refractivity contribution >= 4 is 22.6 Å². The molecule has 34 heavy (non-hydrogen) atoms. The van der Waals surface area contributed by atoms with Crippen LogP contribution in [-0.2, 0) is 4.79 Å². The molecule has 0 radical (unpaired) electrons. The maximum absolute atomic E-state index is 12.9. The zero-order valence-corrected chi connectivity index (χ0v) is 19.2. The fourth-order valence-corrected chi connectivity index (χ4v) is 3.37. The van der Waals surface area contributed by atoms with Gasteiger partial charge in [-0.2, -0.15) is 0 Å². The lowest BCUT2D eigenvalue weighted by Gasteiger charge is -2.12. The molecule has 1 heterocycles. The number of amides is 1. The highest BCUT2D eigenvalue weighted by atomic mass is 16.5. The molecule has 4 rings (SSSR count). The number of carbonyl (C=O) groups is 1. The van der Waals surface area contributed by atoms with Crippen LogP contribution in [0.2, 0.25) is 0 Å². The first-order chi connectivity index (χ1) is 16.4. The third-order valence-electron chi connectivity index (χ3n) is 5.11. The Morgan fingerprint density at radius 3 is 2.59 bits per heavy atom. The van der Waals surface area contributed by atoms with E-state index in [1.54, 1.807) is 30.3 Å². The number of nitrogens with one attached hydrogen (secondary N) is 1. The number of anilines is 1. The monoisotopic (exact) mass is 459 g/mol. The third kappa shape index (κ3) is 5.20. The highest BCUT2D eigenvalue weighted by Crippen LogP contribution is 2.27. The van der Waals surface area contributed by atoms with Gasteiger partial charge in [0, 0.05) is 6.07 Å². The maximum Gasteiger partial charge on any atom is 0.262 e. The summed E-state index contributed by atoms with van der Waals surface area (Å²) in [6, 6.07) is 17.7. The predicted octanol–water partition coefficient (Wildman–Crippen LogP) is 5.62. The van der Waals surface area contributed by atoms with Crippen LogP contribution in [0.1, 0.15) is 18.1 Å². The van der Waals surface area contributed by atoms with Crippen molar-refractivity contribution in [1.82, 2.24) is 0 Å². The van der Waals surface area contributed by atoms with Gasteiger partial charge in [-0.1, -0.05) is 24.3 Å². The summed E-state index contributed by atoms with van der Waals surface area (Å²) < 4.78 is 22.6. The molecule has 7 heteroatoms. The average molecular weight is 459 g/mol. The molecule has 0 fully saturated rings. The fraction of sp³-hybridized carbons (Fsp3) is 0.185. The van der Waals surface area contributed by atoms with Crippen molar-refractivity contribution in [3.63, 3.8) is 0 Å². The number of para-hydroxylation sites is 2. The lowest BCUT2D eigenvalue weighted by Crippen LogP contribution is -2.20. The predicted molar refractivity (Wildman–Crippen MR) is 130 cm³/mol. The van der Waals surface area contributed by atoms with Crippen LogP contribution in [0, 0.1) is 13.8 Å². The summed E-state index contributed by atoms with van der Waals surface area (Å²) in [5, 5.41) is 3.12. The van der Waals surface area contributed by atoms with Gasteiger partial charge in [-0.25, -0.2) is 0 Å². The van der Waals surface area contributed by atoms with Crippen molar-refractivity contribution < 1.29 is 23.4 Å². The van der Waals surface area contributed by atoms with Gasteiger partial charge in [-0.3, -0.25) is 9.59 Å². The average Bonchev–Trinajstić information content (AvgIpc) is 2.83. The summed E-state index contributed by atoms with van der Waals surface area (Å²) in [7, 11) is 0. The number of benzene rings is 3. The lowest BCUT2D eigenvalue weighted by atomic mass is 10.1. The molecular formula is C27H25NO6. The van der Waals surface area contributed by atoms with E-state index in [0.29, 0.717) is 40.5 Å². The molecule has 0 aliphatic carbocycles. The van der Waals surface area contributed by atoms with Crippen molar-refractivity contribution in [2.45, 2.75) is 20.8 Å². The Kier molecular flexibility index (Phi) is 6.82. The zero-order valence-electron chi connectivity index (χ0n) is 19.2. The van der Waals surface area contributed by atoms with E-state index in [-0.39, 0.29) is 23.7 Å². The SMILES string of the molecule is CCOc1ccccc1NC(=O)COc1ccc2c(=O)c(Oc3cc(C)ccc3C)coc2c1. The second kappa shape index (κ2) is 10.1. The number of hydrogen-bond acceptors (Lipinski definition) is 6. The van der Waals surface area contributed by atoms with Crippen LogP contribution < -0.4 is 25.0 Å². The van der Waals surface area contributed by atoms with Crippen molar-refractivity contribution in [2.75, 3.05) is 18.5 Å². The molecule has 7 nitrogen and oxygen atoms in total. The largest absolute Gasteiger partial charge is 0.492 e. The van der Waals surface area contributed by atoms with Crippen LogP contribution in [0.15, 0.2) is 76.1 Å². The standard InChI is InChI=1S/C27H25NO6/c1-4-31-22-8-6-5-7-21(22)28-26(29)16-32-19-11-12-20-24(14-19)33-15-25(27(20)30)34-23-13-17(2)9-10-18(23)3/h5-15H,4,16H2,1-3H3,(H,28,29). The lowest BCUT2D eigenvalue weighted by molar-refractivity contribution is -0.118. The van der Waals surface area contributed by atoms with Crippen LogP contribution in [-0.4, -0.2) is 19.1 Å². The summed E-state index contributed by atoms with van der Waals surface area (Å²) in [5.74, 6) is 1.34. The van der Waals surface area contributed by atoms with Gasteiger partial charge in [0.1, 0.15) is 29.1 Å². The van der Waals surface area contributed by atoms with E-state index < -0.39 is 0 Å². The van der Waals surface area contributed by atoms with Crippen LogP contribution in [0.3, 0.4) is 0 Å². The highest BCUT2D eigenvalue weighted by molar-refractivity contribution is 5.93. The Hall–Kier alpha value is -4.26. The maximum atomic E-state index is 12.9. The van der Waals surface area contributed by atoms with E-state index in [1.807, 2.05) is 51.1 Å². The van der Waals surface area contributed by atoms with Gasteiger partial charge in [0.2, 0.25) is 11.2 Å². The highest BCUT2D eigenvalue weighted by Gasteiger charge is 2.13. The van der Waals surface area contributed by atoms with Gasteiger partial charge in [0.05, 0.1) is 17.7 Å². The molecule has 0 spiro atoms. The number of aryl methyl sites for hydroxylation is 2. The van der Waals surface area contributed by atoms with Gasteiger partial charge in [-0.15, -0.1) is 0 Å². The van der Waals surface area contributed by atoms with Gasteiger partial charge < -0.3 is 23.9 Å². The fourth-order valence-electron chi connectivity index (χ4n) is 3.37. The minimum absolute atomic E-state index is 0.0993. The molecule has 0 unspecified atom stereocenters. The number of fused-ring (bicyclic) bond motifs is 1. The van der Waals surface area contributed by atoms with E-state index in [0.717, 1.165) is 11.1 Å². The number of ether oxygens (including phenoxy) is 3. The van der Waals surface area contributed by atoms with E-state index in [1.165, 1.54) is 6.26 Å². The molecule has 0 saturated heterocycles. The van der Waals surface area contributed by atoms with Crippen LogP contribution >= 0.6 is 0 Å². The molecule has 0 bridgehead atoms. The molecule has 1 aromatic heterocycles. The first-order valence-electron chi connectivity index (χ1n) is 10.9. The summed E-state index contributed by atoms with van der Waals surface area (Å²) in [6.07, 6.45) is 1.29. The van der Waals surface area contributed by atoms with E-state index in [2.05, 4.69) is 5.32 Å². The third-order valence-corrected chi connectivity index (χ3v) is 5.11. The van der Waals surface area contributed by atoms with E-state index in [4.69, 9.17) is 18.6 Å². The molecule has 4 aromatic rings. The quantitative estimate of drug-likeness (QED) is 0.368. The van der Waals surface area contributed by atoms with Gasteiger partial charge in [0.15, 0.2) is 6.61 Å². The number of rotatable bonds is 8. The normalized spacial score (nSPS) is 10.7. The first kappa shape index (κ1) is 22.9. The van der Waals surface area contributed by atoms with Crippen LogP contribution in [0.25, 0.3) is 11.0 Å². The second-order valence-corrected chi connectivity index (χ2v) is 7.72. The van der Waals surface area contributed by atoms with Crippen molar-refractivity contribution in [1.29, 1.82) is 0 Å². The first-order valence-corrected chi connectivity index (χ1v) is 10.9. The summed E-state index contributed by atoms with van der Waals surface area (Å²) in [5.41, 5.74) is 2.55. The molecule has 0 atom stereocenters. The minimum Gasteiger partial charge on any atom is -0.492 e. The molecule has 174 valence electrons. The Bertz CT molecular complexity index is 1390. The van der Waals surface area contributed by atoms with Crippen molar-refractivity contribution in [3.8, 4) is 23.0 Å². The molecule has 0 aliphatic heterocycles. The second-order valence-electron chi connectivity index (χ2n) is 7.72. The molecule has 1 N–H and O–H groups in total. The van der Waals surface area contributed by atoms with E-state index >= 15 is 0 Å². The van der Waals surface area contributed by atoms with E-state index in [9.17, 15) is 9.59 Å². The number of hydrogen-bond donors (Lipinski definition) is 1. The van der Waals surface area contributed by atoms with Gasteiger partial charge >= 0.3 is 0 Å². The Labute approximate surface area is 196 Å².